The maximum atomic E-state index is 13.9. The Morgan fingerprint density at radius 2 is 1.97 bits per heavy atom. The molecule has 2 heterocycles. The van der Waals surface area contributed by atoms with Crippen LogP contribution in [0.1, 0.15) is 27.7 Å². The van der Waals surface area contributed by atoms with Crippen molar-refractivity contribution in [3.8, 4) is 5.75 Å². The van der Waals surface area contributed by atoms with Crippen LogP contribution < -0.4 is 26.2 Å². The molecule has 0 fully saturated rings. The van der Waals surface area contributed by atoms with E-state index in [0.717, 1.165) is 0 Å². The van der Waals surface area contributed by atoms with Crippen molar-refractivity contribution in [2.24, 2.45) is 0 Å². The first-order valence-corrected chi connectivity index (χ1v) is 13.7. The molecule has 0 aliphatic heterocycles. The molecule has 3 aromatic rings. The summed E-state index contributed by atoms with van der Waals surface area (Å²) in [5.41, 5.74) is 4.11. The summed E-state index contributed by atoms with van der Waals surface area (Å²) in [4.78, 5) is 47.5. The molecule has 206 valence electrons. The van der Waals surface area contributed by atoms with Gasteiger partial charge >= 0.3 is 11.9 Å². The number of aromatic nitrogens is 4. The lowest BCUT2D eigenvalue weighted by Gasteiger charge is -2.31. The van der Waals surface area contributed by atoms with Gasteiger partial charge in [-0.1, -0.05) is 18.2 Å². The molecular weight excluding hydrogens is 517 g/mol. The minimum absolute atomic E-state index is 0.0376. The number of esters is 2. The van der Waals surface area contributed by atoms with Crippen molar-refractivity contribution in [1.82, 2.24) is 29.7 Å². The number of ether oxygens (including phenoxy) is 3. The molecule has 0 aliphatic carbocycles. The van der Waals surface area contributed by atoms with E-state index in [9.17, 15) is 18.9 Å². The molecule has 3 rings (SSSR count). The van der Waals surface area contributed by atoms with Crippen LogP contribution in [-0.4, -0.2) is 62.6 Å². The van der Waals surface area contributed by atoms with Crippen LogP contribution in [0.3, 0.4) is 0 Å². The van der Waals surface area contributed by atoms with Gasteiger partial charge in [-0.3, -0.25) is 19.1 Å². The molecule has 38 heavy (non-hydrogen) atoms. The highest BCUT2D eigenvalue weighted by Crippen LogP contribution is 2.40. The van der Waals surface area contributed by atoms with E-state index in [1.807, 2.05) is 0 Å². The second-order valence-electron chi connectivity index (χ2n) is 8.88. The van der Waals surface area contributed by atoms with E-state index in [2.05, 4.69) is 25.1 Å². The van der Waals surface area contributed by atoms with E-state index in [4.69, 9.17) is 19.9 Å². The zero-order valence-corrected chi connectivity index (χ0v) is 22.5. The standard InChI is InChI=1S/C23H32N7O7P/c1-5-36-20(32)15(2)28-38(34,29-23(3,4)21(33)37-16-9-7-6-8-10-16)14-35-12-11-30-13-25-17-18(30)26-22(24)27-19(17)31/h6-10,13,15H,5,11-12,14H2,1-4H3,(H2,28,29,34)(H3,24,26,27,31)/t15-,38?/m0/s1. The van der Waals surface area contributed by atoms with Gasteiger partial charge < -0.3 is 24.5 Å². The Kier molecular flexibility index (Phi) is 9.39. The van der Waals surface area contributed by atoms with E-state index >= 15 is 0 Å². The van der Waals surface area contributed by atoms with Gasteiger partial charge in [-0.15, -0.1) is 0 Å². The van der Waals surface area contributed by atoms with Crippen molar-refractivity contribution in [2.45, 2.75) is 45.8 Å². The number of para-hydroxylation sites is 1. The summed E-state index contributed by atoms with van der Waals surface area (Å²) in [5, 5.41) is 5.53. The molecule has 1 unspecified atom stereocenters. The first-order chi connectivity index (χ1) is 17.9. The molecule has 1 aromatic carbocycles. The number of imidazole rings is 1. The van der Waals surface area contributed by atoms with Crippen LogP contribution in [0.25, 0.3) is 11.2 Å². The molecule has 2 atom stereocenters. The number of H-pyrrole nitrogens is 1. The molecule has 0 bridgehead atoms. The average Bonchev–Trinajstić information content (AvgIpc) is 3.25. The molecule has 0 saturated heterocycles. The Balaban J connectivity index is 1.71. The number of nitrogens with zero attached hydrogens (tertiary/aromatic N) is 3. The van der Waals surface area contributed by atoms with Crippen molar-refractivity contribution in [1.29, 1.82) is 0 Å². The molecule has 0 aliphatic rings. The maximum absolute atomic E-state index is 13.9. The van der Waals surface area contributed by atoms with Crippen LogP contribution in [0, 0.1) is 0 Å². The van der Waals surface area contributed by atoms with Gasteiger partial charge in [-0.05, 0) is 39.8 Å². The van der Waals surface area contributed by atoms with Crippen LogP contribution in [-0.2, 0) is 30.2 Å². The number of hydrogen-bond donors (Lipinski definition) is 4. The normalized spacial score (nSPS) is 14.1. The predicted molar refractivity (Wildman–Crippen MR) is 140 cm³/mol. The summed E-state index contributed by atoms with van der Waals surface area (Å²) in [6.45, 7) is 6.56. The minimum atomic E-state index is -3.74. The summed E-state index contributed by atoms with van der Waals surface area (Å²) >= 11 is 0. The molecule has 0 radical (unpaired) electrons. The number of carbonyl (C=O) groups is 2. The molecule has 2 aromatic heterocycles. The number of rotatable bonds is 13. The molecule has 14 nitrogen and oxygen atoms in total. The Labute approximate surface area is 218 Å². The Bertz CT molecular complexity index is 1370. The number of carbonyl (C=O) groups excluding carboxylic acids is 2. The van der Waals surface area contributed by atoms with E-state index in [1.54, 1.807) is 41.8 Å². The zero-order valence-electron chi connectivity index (χ0n) is 21.6. The van der Waals surface area contributed by atoms with Gasteiger partial charge in [0.05, 0.1) is 19.5 Å². The zero-order chi connectivity index (χ0) is 27.9. The first kappa shape index (κ1) is 29.0. The molecule has 5 N–H and O–H groups in total. The highest BCUT2D eigenvalue weighted by atomic mass is 31.2. The van der Waals surface area contributed by atoms with Crippen LogP contribution in [0.2, 0.25) is 0 Å². The lowest BCUT2D eigenvalue weighted by Crippen LogP contribution is -2.51. The SMILES string of the molecule is CCOC(=O)[C@H](C)NP(=O)(COCCn1cnc2c(=O)[nH]c(N)nc21)NC(C)(C)C(=O)Oc1ccccc1. The van der Waals surface area contributed by atoms with Crippen LogP contribution in [0.5, 0.6) is 5.75 Å². The highest BCUT2D eigenvalue weighted by Gasteiger charge is 2.39. The Morgan fingerprint density at radius 1 is 1.26 bits per heavy atom. The predicted octanol–water partition coefficient (Wildman–Crippen LogP) is 1.38. The topological polar surface area (TPSA) is 193 Å². The van der Waals surface area contributed by atoms with Crippen molar-refractivity contribution < 1.29 is 28.4 Å². The van der Waals surface area contributed by atoms with Gasteiger partial charge in [0.2, 0.25) is 13.4 Å². The van der Waals surface area contributed by atoms with E-state index < -0.39 is 36.5 Å². The second-order valence-corrected chi connectivity index (χ2v) is 11.1. The van der Waals surface area contributed by atoms with Crippen LogP contribution in [0.15, 0.2) is 41.5 Å². The first-order valence-electron chi connectivity index (χ1n) is 11.8. The highest BCUT2D eigenvalue weighted by molar-refractivity contribution is 7.59. The molecule has 0 amide bonds. The van der Waals surface area contributed by atoms with Gasteiger partial charge in [-0.25, -0.2) is 20.0 Å². The number of anilines is 1. The largest absolute Gasteiger partial charge is 0.465 e. The van der Waals surface area contributed by atoms with Gasteiger partial charge in [0.1, 0.15) is 23.7 Å². The Morgan fingerprint density at radius 3 is 2.66 bits per heavy atom. The summed E-state index contributed by atoms with van der Waals surface area (Å²) in [6.07, 6.45) is 1.03. The maximum Gasteiger partial charge on any atom is 0.331 e. The van der Waals surface area contributed by atoms with Crippen molar-refractivity contribution in [2.75, 3.05) is 25.3 Å². The second kappa shape index (κ2) is 12.3. The fourth-order valence-corrected chi connectivity index (χ4v) is 5.76. The van der Waals surface area contributed by atoms with E-state index in [0.29, 0.717) is 5.75 Å². The third-order valence-electron chi connectivity index (χ3n) is 5.21. The van der Waals surface area contributed by atoms with Crippen molar-refractivity contribution >= 4 is 36.5 Å². The van der Waals surface area contributed by atoms with Crippen molar-refractivity contribution in [3.63, 3.8) is 0 Å². The molecule has 0 spiro atoms. The lowest BCUT2D eigenvalue weighted by molar-refractivity contribution is -0.144. The number of aromatic amines is 1. The van der Waals surface area contributed by atoms with E-state index in [1.165, 1.54) is 27.1 Å². The Hall–Kier alpha value is -3.58. The van der Waals surface area contributed by atoms with Gasteiger partial charge in [0.15, 0.2) is 11.2 Å². The number of hydrogen-bond acceptors (Lipinski definition) is 10. The summed E-state index contributed by atoms with van der Waals surface area (Å²) in [7, 11) is -3.74. The summed E-state index contributed by atoms with van der Waals surface area (Å²) in [5.74, 6) is -1.03. The number of benzene rings is 1. The number of nitrogens with two attached hydrogens (primary N) is 1. The fourth-order valence-electron chi connectivity index (χ4n) is 3.45. The van der Waals surface area contributed by atoms with Gasteiger partial charge in [-0.2, -0.15) is 4.98 Å². The summed E-state index contributed by atoms with van der Waals surface area (Å²) < 4.78 is 31.6. The molecular formula is C23H32N7O7P. The average molecular weight is 550 g/mol. The van der Waals surface area contributed by atoms with Gasteiger partial charge in [0, 0.05) is 6.54 Å². The van der Waals surface area contributed by atoms with Crippen molar-refractivity contribution in [3.05, 3.63) is 47.0 Å². The monoisotopic (exact) mass is 549 g/mol. The lowest BCUT2D eigenvalue weighted by atomic mass is 10.1. The third kappa shape index (κ3) is 7.48. The van der Waals surface area contributed by atoms with E-state index in [-0.39, 0.29) is 43.2 Å². The minimum Gasteiger partial charge on any atom is -0.465 e. The quantitative estimate of drug-likeness (QED) is 0.104. The van der Waals surface area contributed by atoms with Crippen LogP contribution >= 0.6 is 7.44 Å². The van der Waals surface area contributed by atoms with Gasteiger partial charge in [0.25, 0.3) is 5.56 Å². The smallest absolute Gasteiger partial charge is 0.331 e. The third-order valence-corrected chi connectivity index (χ3v) is 7.48. The van der Waals surface area contributed by atoms with Crippen LogP contribution in [0.4, 0.5) is 5.95 Å². The number of nitrogens with one attached hydrogen (secondary N) is 3. The number of fused-ring (bicyclic) bond motifs is 1. The fraction of sp³-hybridized carbons (Fsp3) is 0.435. The number of nitrogen functional groups attached to an aromatic ring is 1. The summed E-state index contributed by atoms with van der Waals surface area (Å²) in [6, 6.07) is 7.49. The molecule has 0 saturated carbocycles. The molecule has 15 heteroatoms.